The summed E-state index contributed by atoms with van der Waals surface area (Å²) in [5.41, 5.74) is 1.12. The molecule has 0 spiro atoms. The molecular weight excluding hydrogens is 256 g/mol. The number of benzene rings is 1. The molecule has 2 N–H and O–H groups in total. The van der Waals surface area contributed by atoms with Crippen LogP contribution < -0.4 is 10.6 Å². The highest BCUT2D eigenvalue weighted by Crippen LogP contribution is 2.22. The number of nitrogens with one attached hydrogen (secondary N) is 2. The van der Waals surface area contributed by atoms with Gasteiger partial charge in [-0.15, -0.1) is 0 Å². The Morgan fingerprint density at radius 1 is 1.05 bits per heavy atom. The fraction of sp³-hybridized carbons (Fsp3) is 0.267. The van der Waals surface area contributed by atoms with Crippen molar-refractivity contribution in [1.82, 2.24) is 10.6 Å². The molecule has 1 heterocycles. The van der Waals surface area contributed by atoms with E-state index in [0.29, 0.717) is 11.2 Å². The van der Waals surface area contributed by atoms with Gasteiger partial charge >= 0.3 is 0 Å². The summed E-state index contributed by atoms with van der Waals surface area (Å²) in [4.78, 5) is 0. The lowest BCUT2D eigenvalue weighted by atomic mass is 10.1. The minimum absolute atomic E-state index is 0.0741. The second-order valence-electron chi connectivity index (χ2n) is 4.63. The topological polar surface area (TPSA) is 37.2 Å². The lowest BCUT2D eigenvalue weighted by molar-refractivity contribution is 0.473. The minimum atomic E-state index is -0.0741. The molecule has 19 heavy (non-hydrogen) atoms. The van der Waals surface area contributed by atoms with E-state index in [1.54, 1.807) is 6.26 Å². The van der Waals surface area contributed by atoms with Crippen LogP contribution in [0.25, 0.3) is 0 Å². The van der Waals surface area contributed by atoms with Crippen molar-refractivity contribution < 1.29 is 4.42 Å². The molecule has 0 fully saturated rings. The van der Waals surface area contributed by atoms with Gasteiger partial charge in [0.1, 0.15) is 11.8 Å². The Kier molecular flexibility index (Phi) is 4.58. The maximum absolute atomic E-state index is 5.51. The van der Waals surface area contributed by atoms with E-state index in [0.717, 1.165) is 11.3 Å². The molecule has 1 aromatic heterocycles. The lowest BCUT2D eigenvalue weighted by Gasteiger charge is -2.20. The summed E-state index contributed by atoms with van der Waals surface area (Å²) in [5.74, 6) is 0.846. The molecule has 0 amide bonds. The molecule has 3 nitrogen and oxygen atoms in total. The van der Waals surface area contributed by atoms with Gasteiger partial charge in [-0.25, -0.2) is 0 Å². The van der Waals surface area contributed by atoms with Crippen molar-refractivity contribution in [3.63, 3.8) is 0 Å². The Hall–Kier alpha value is -1.81. The summed E-state index contributed by atoms with van der Waals surface area (Å²) in [5, 5.41) is 7.10. The zero-order chi connectivity index (χ0) is 13.7. The second-order valence-corrected chi connectivity index (χ2v) is 5.04. The quantitative estimate of drug-likeness (QED) is 0.839. The standard InChI is InChI=1S/C15H18N2OS/c1-11(2)16-15(19)17-14(13-9-6-10-18-13)12-7-4-3-5-8-12/h3-11,14H,1-2H3,(H2,16,17,19)/t14-/m1/s1. The van der Waals surface area contributed by atoms with Crippen LogP contribution in [0.5, 0.6) is 0 Å². The van der Waals surface area contributed by atoms with Crippen molar-refractivity contribution in [2.24, 2.45) is 0 Å². The fourth-order valence-corrected chi connectivity index (χ4v) is 2.21. The molecule has 4 heteroatoms. The highest BCUT2D eigenvalue weighted by atomic mass is 32.1. The van der Waals surface area contributed by atoms with Crippen LogP contribution in [0.3, 0.4) is 0 Å². The van der Waals surface area contributed by atoms with Gasteiger partial charge < -0.3 is 15.1 Å². The smallest absolute Gasteiger partial charge is 0.167 e. The molecule has 0 unspecified atom stereocenters. The van der Waals surface area contributed by atoms with Gasteiger partial charge in [-0.05, 0) is 43.8 Å². The van der Waals surface area contributed by atoms with Crippen molar-refractivity contribution in [3.05, 3.63) is 60.1 Å². The predicted molar refractivity (Wildman–Crippen MR) is 81.0 cm³/mol. The van der Waals surface area contributed by atoms with Crippen molar-refractivity contribution in [2.75, 3.05) is 0 Å². The Labute approximate surface area is 119 Å². The third-order valence-electron chi connectivity index (χ3n) is 2.66. The molecule has 0 saturated carbocycles. The normalized spacial score (nSPS) is 12.2. The molecule has 0 bridgehead atoms. The van der Waals surface area contributed by atoms with E-state index >= 15 is 0 Å². The van der Waals surface area contributed by atoms with Crippen LogP contribution in [0.2, 0.25) is 0 Å². The molecule has 0 aliphatic heterocycles. The Bertz CT molecular complexity index is 508. The van der Waals surface area contributed by atoms with Crippen LogP contribution in [-0.2, 0) is 0 Å². The summed E-state index contributed by atoms with van der Waals surface area (Å²) >= 11 is 5.32. The average Bonchev–Trinajstić information content (AvgIpc) is 2.90. The molecule has 2 aromatic rings. The first kappa shape index (κ1) is 13.6. The number of furan rings is 1. The number of hydrogen-bond donors (Lipinski definition) is 2. The Morgan fingerprint density at radius 3 is 2.37 bits per heavy atom. The zero-order valence-corrected chi connectivity index (χ0v) is 11.9. The van der Waals surface area contributed by atoms with Crippen LogP contribution >= 0.6 is 12.2 Å². The molecular formula is C15H18N2OS. The fourth-order valence-electron chi connectivity index (χ4n) is 1.85. The van der Waals surface area contributed by atoms with Crippen molar-refractivity contribution in [2.45, 2.75) is 25.9 Å². The van der Waals surface area contributed by atoms with Gasteiger partial charge in [0.2, 0.25) is 0 Å². The Morgan fingerprint density at radius 2 is 1.79 bits per heavy atom. The Balaban J connectivity index is 2.19. The van der Waals surface area contributed by atoms with Crippen LogP contribution in [0.4, 0.5) is 0 Å². The number of hydrogen-bond acceptors (Lipinski definition) is 2. The van der Waals surface area contributed by atoms with Gasteiger partial charge in [0.15, 0.2) is 5.11 Å². The van der Waals surface area contributed by atoms with E-state index in [1.165, 1.54) is 0 Å². The molecule has 2 rings (SSSR count). The first-order chi connectivity index (χ1) is 9.16. The van der Waals surface area contributed by atoms with E-state index in [2.05, 4.69) is 36.6 Å². The summed E-state index contributed by atoms with van der Waals surface area (Å²) in [7, 11) is 0. The first-order valence-corrected chi connectivity index (χ1v) is 6.73. The minimum Gasteiger partial charge on any atom is -0.467 e. The van der Waals surface area contributed by atoms with Crippen molar-refractivity contribution in [3.8, 4) is 0 Å². The van der Waals surface area contributed by atoms with Crippen LogP contribution in [0.1, 0.15) is 31.2 Å². The summed E-state index contributed by atoms with van der Waals surface area (Å²) in [6.45, 7) is 4.11. The first-order valence-electron chi connectivity index (χ1n) is 6.32. The molecule has 0 aliphatic rings. The van der Waals surface area contributed by atoms with Crippen LogP contribution in [-0.4, -0.2) is 11.2 Å². The number of thiocarbonyl (C=S) groups is 1. The summed E-state index contributed by atoms with van der Waals surface area (Å²) in [6, 6.07) is 14.2. The molecule has 0 aliphatic carbocycles. The maximum atomic E-state index is 5.51. The van der Waals surface area contributed by atoms with E-state index < -0.39 is 0 Å². The number of rotatable bonds is 4. The summed E-state index contributed by atoms with van der Waals surface area (Å²) < 4.78 is 5.51. The molecule has 100 valence electrons. The molecule has 0 radical (unpaired) electrons. The van der Waals surface area contributed by atoms with Crippen LogP contribution in [0, 0.1) is 0 Å². The maximum Gasteiger partial charge on any atom is 0.167 e. The van der Waals surface area contributed by atoms with Gasteiger partial charge in [-0.2, -0.15) is 0 Å². The molecule has 1 atom stereocenters. The van der Waals surface area contributed by atoms with Gasteiger partial charge in [-0.3, -0.25) is 0 Å². The SMILES string of the molecule is CC(C)NC(=S)N[C@H](c1ccccc1)c1ccco1. The van der Waals surface area contributed by atoms with E-state index in [-0.39, 0.29) is 6.04 Å². The predicted octanol–water partition coefficient (Wildman–Crippen LogP) is 3.24. The largest absolute Gasteiger partial charge is 0.467 e. The van der Waals surface area contributed by atoms with Gasteiger partial charge in [-0.1, -0.05) is 30.3 Å². The van der Waals surface area contributed by atoms with Crippen LogP contribution in [0.15, 0.2) is 53.1 Å². The summed E-state index contributed by atoms with van der Waals surface area (Å²) in [6.07, 6.45) is 1.67. The van der Waals surface area contributed by atoms with Gasteiger partial charge in [0.25, 0.3) is 0 Å². The van der Waals surface area contributed by atoms with Gasteiger partial charge in [0, 0.05) is 6.04 Å². The van der Waals surface area contributed by atoms with E-state index in [1.807, 2.05) is 30.3 Å². The van der Waals surface area contributed by atoms with Crippen molar-refractivity contribution >= 4 is 17.3 Å². The monoisotopic (exact) mass is 274 g/mol. The van der Waals surface area contributed by atoms with Gasteiger partial charge in [0.05, 0.1) is 6.26 Å². The molecule has 1 aromatic carbocycles. The molecule has 0 saturated heterocycles. The second kappa shape index (κ2) is 6.38. The third kappa shape index (κ3) is 3.83. The van der Waals surface area contributed by atoms with Crippen molar-refractivity contribution in [1.29, 1.82) is 0 Å². The zero-order valence-electron chi connectivity index (χ0n) is 11.1. The third-order valence-corrected chi connectivity index (χ3v) is 2.89. The van der Waals surface area contributed by atoms with E-state index in [9.17, 15) is 0 Å². The average molecular weight is 274 g/mol. The lowest BCUT2D eigenvalue weighted by Crippen LogP contribution is -2.41. The highest BCUT2D eigenvalue weighted by Gasteiger charge is 2.17. The van der Waals surface area contributed by atoms with E-state index in [4.69, 9.17) is 16.6 Å². The highest BCUT2D eigenvalue weighted by molar-refractivity contribution is 7.80.